The van der Waals surface area contributed by atoms with Crippen LogP contribution in [-0.2, 0) is 10.0 Å². The summed E-state index contributed by atoms with van der Waals surface area (Å²) in [7, 11) is -3.57. The molecule has 1 aliphatic rings. The number of aromatic nitrogens is 1. The van der Waals surface area contributed by atoms with E-state index in [1.165, 1.54) is 18.3 Å². The van der Waals surface area contributed by atoms with E-state index >= 15 is 0 Å². The lowest BCUT2D eigenvalue weighted by Crippen LogP contribution is -2.47. The fourth-order valence-corrected chi connectivity index (χ4v) is 3.54. The maximum Gasteiger partial charge on any atom is 0.242 e. The van der Waals surface area contributed by atoms with Gasteiger partial charge >= 0.3 is 0 Å². The third-order valence-corrected chi connectivity index (χ3v) is 4.94. The molecule has 1 atom stereocenters. The van der Waals surface area contributed by atoms with Gasteiger partial charge in [-0.2, -0.15) is 5.26 Å². The van der Waals surface area contributed by atoms with E-state index in [0.717, 1.165) is 32.5 Å². The molecule has 1 aliphatic heterocycles. The zero-order valence-electron chi connectivity index (χ0n) is 11.4. The molecule has 1 aromatic rings. The van der Waals surface area contributed by atoms with Crippen LogP contribution in [0, 0.1) is 11.3 Å². The molecule has 0 bridgehead atoms. The topological polar surface area (TPSA) is 86.1 Å². The Labute approximate surface area is 119 Å². The van der Waals surface area contributed by atoms with Gasteiger partial charge in [0.05, 0.1) is 0 Å². The third kappa shape index (κ3) is 3.54. The van der Waals surface area contributed by atoms with Crippen LogP contribution in [0.3, 0.4) is 0 Å². The third-order valence-electron chi connectivity index (χ3n) is 3.44. The Morgan fingerprint density at radius 3 is 2.95 bits per heavy atom. The molecule has 0 saturated carbocycles. The van der Waals surface area contributed by atoms with Crippen LogP contribution < -0.4 is 4.72 Å². The summed E-state index contributed by atoms with van der Waals surface area (Å²) < 4.78 is 27.2. The average Bonchev–Trinajstić information content (AvgIpc) is 2.47. The molecule has 1 aromatic heterocycles. The van der Waals surface area contributed by atoms with E-state index < -0.39 is 10.0 Å². The zero-order chi connectivity index (χ0) is 14.6. The van der Waals surface area contributed by atoms with Gasteiger partial charge in [0, 0.05) is 18.8 Å². The van der Waals surface area contributed by atoms with Crippen molar-refractivity contribution in [3.8, 4) is 6.07 Å². The number of nitrogens with one attached hydrogen (secondary N) is 1. The van der Waals surface area contributed by atoms with E-state index in [2.05, 4.69) is 21.5 Å². The summed E-state index contributed by atoms with van der Waals surface area (Å²) in [6.45, 7) is 4.75. The van der Waals surface area contributed by atoms with Crippen LogP contribution in [0.15, 0.2) is 23.2 Å². The molecule has 0 radical (unpaired) electrons. The smallest absolute Gasteiger partial charge is 0.242 e. The van der Waals surface area contributed by atoms with Gasteiger partial charge in [-0.3, -0.25) is 0 Å². The van der Waals surface area contributed by atoms with Gasteiger partial charge in [-0.05, 0) is 38.1 Å². The largest absolute Gasteiger partial charge is 0.302 e. The molecule has 0 amide bonds. The van der Waals surface area contributed by atoms with Gasteiger partial charge < -0.3 is 4.90 Å². The average molecular weight is 294 g/mol. The van der Waals surface area contributed by atoms with Crippen molar-refractivity contribution in [3.63, 3.8) is 0 Å². The van der Waals surface area contributed by atoms with Crippen molar-refractivity contribution < 1.29 is 8.42 Å². The molecular weight excluding hydrogens is 276 g/mol. The number of rotatable bonds is 4. The summed E-state index contributed by atoms with van der Waals surface area (Å²) in [6, 6.07) is 4.62. The molecule has 1 fully saturated rings. The van der Waals surface area contributed by atoms with Gasteiger partial charge in [0.15, 0.2) is 0 Å². The fourth-order valence-electron chi connectivity index (χ4n) is 2.33. The Hall–Kier alpha value is -1.49. The molecule has 1 N–H and O–H groups in total. The first-order valence-corrected chi connectivity index (χ1v) is 8.14. The first kappa shape index (κ1) is 14.9. The van der Waals surface area contributed by atoms with Crippen LogP contribution in [0.1, 0.15) is 25.5 Å². The maximum absolute atomic E-state index is 12.2. The summed E-state index contributed by atoms with van der Waals surface area (Å²) in [6.07, 6.45) is 3.06. The summed E-state index contributed by atoms with van der Waals surface area (Å²) in [5.41, 5.74) is 0.207. The predicted molar refractivity (Wildman–Crippen MR) is 74.4 cm³/mol. The SMILES string of the molecule is CCN1CCCC(NS(=O)(=O)c2ccc(C#N)nc2)C1. The number of likely N-dealkylation sites (N-methyl/N-ethyl adjacent to an activating group) is 1. The molecule has 1 saturated heterocycles. The van der Waals surface area contributed by atoms with Crippen LogP contribution in [0.5, 0.6) is 0 Å². The summed E-state index contributed by atoms with van der Waals surface area (Å²) in [4.78, 5) is 6.13. The quantitative estimate of drug-likeness (QED) is 0.884. The molecular formula is C13H18N4O2S. The van der Waals surface area contributed by atoms with E-state index in [0.29, 0.717) is 0 Å². The van der Waals surface area contributed by atoms with Crippen molar-refractivity contribution in [3.05, 3.63) is 24.0 Å². The number of hydrogen-bond donors (Lipinski definition) is 1. The van der Waals surface area contributed by atoms with Gasteiger partial charge in [-0.25, -0.2) is 18.1 Å². The van der Waals surface area contributed by atoms with Crippen molar-refractivity contribution in [2.24, 2.45) is 0 Å². The van der Waals surface area contributed by atoms with Crippen molar-refractivity contribution >= 4 is 10.0 Å². The van der Waals surface area contributed by atoms with Gasteiger partial charge in [0.25, 0.3) is 0 Å². The molecule has 20 heavy (non-hydrogen) atoms. The molecule has 2 heterocycles. The van der Waals surface area contributed by atoms with Crippen molar-refractivity contribution in [1.82, 2.24) is 14.6 Å². The first-order chi connectivity index (χ1) is 9.55. The number of pyridine rings is 1. The normalized spacial score (nSPS) is 20.5. The van der Waals surface area contributed by atoms with Gasteiger partial charge in [0.2, 0.25) is 10.0 Å². The Morgan fingerprint density at radius 1 is 1.55 bits per heavy atom. The van der Waals surface area contributed by atoms with Crippen molar-refractivity contribution in [1.29, 1.82) is 5.26 Å². The summed E-state index contributed by atoms with van der Waals surface area (Å²) in [5, 5.41) is 8.67. The molecule has 2 rings (SSSR count). The van der Waals surface area contributed by atoms with E-state index in [1.54, 1.807) is 0 Å². The highest BCUT2D eigenvalue weighted by Gasteiger charge is 2.24. The van der Waals surface area contributed by atoms with E-state index in [-0.39, 0.29) is 16.6 Å². The lowest BCUT2D eigenvalue weighted by Gasteiger charge is -2.31. The Kier molecular flexibility index (Phi) is 4.70. The minimum atomic E-state index is -3.57. The molecule has 108 valence electrons. The lowest BCUT2D eigenvalue weighted by atomic mass is 10.1. The monoisotopic (exact) mass is 294 g/mol. The van der Waals surface area contributed by atoms with Gasteiger partial charge in [-0.15, -0.1) is 0 Å². The number of nitrogens with zero attached hydrogens (tertiary/aromatic N) is 3. The van der Waals surface area contributed by atoms with Crippen LogP contribution in [0.4, 0.5) is 0 Å². The molecule has 6 nitrogen and oxygen atoms in total. The second kappa shape index (κ2) is 6.31. The Morgan fingerprint density at radius 2 is 2.35 bits per heavy atom. The van der Waals surface area contributed by atoms with E-state index in [4.69, 9.17) is 5.26 Å². The Balaban J connectivity index is 2.08. The summed E-state index contributed by atoms with van der Waals surface area (Å²) >= 11 is 0. The van der Waals surface area contributed by atoms with Crippen LogP contribution in [0.25, 0.3) is 0 Å². The predicted octanol–water partition coefficient (Wildman–Crippen LogP) is 0.716. The highest BCUT2D eigenvalue weighted by Crippen LogP contribution is 2.14. The van der Waals surface area contributed by atoms with Crippen molar-refractivity contribution in [2.75, 3.05) is 19.6 Å². The number of piperidine rings is 1. The number of sulfonamides is 1. The second-order valence-corrected chi connectivity index (χ2v) is 6.56. The number of hydrogen-bond acceptors (Lipinski definition) is 5. The zero-order valence-corrected chi connectivity index (χ0v) is 12.2. The Bertz CT molecular complexity index is 592. The maximum atomic E-state index is 12.2. The van der Waals surface area contributed by atoms with E-state index in [9.17, 15) is 8.42 Å². The minimum Gasteiger partial charge on any atom is -0.302 e. The fraction of sp³-hybridized carbons (Fsp3) is 0.538. The molecule has 0 aliphatic carbocycles. The molecule has 7 heteroatoms. The van der Waals surface area contributed by atoms with Crippen LogP contribution in [0.2, 0.25) is 0 Å². The summed E-state index contributed by atoms with van der Waals surface area (Å²) in [5.74, 6) is 0. The van der Waals surface area contributed by atoms with E-state index in [1.807, 2.05) is 6.07 Å². The number of likely N-dealkylation sites (tertiary alicyclic amines) is 1. The minimum absolute atomic E-state index is 0.0654. The highest BCUT2D eigenvalue weighted by atomic mass is 32.2. The number of nitriles is 1. The van der Waals surface area contributed by atoms with Crippen LogP contribution in [-0.4, -0.2) is 44.0 Å². The van der Waals surface area contributed by atoms with Gasteiger partial charge in [0.1, 0.15) is 16.7 Å². The first-order valence-electron chi connectivity index (χ1n) is 6.66. The van der Waals surface area contributed by atoms with Crippen molar-refractivity contribution in [2.45, 2.75) is 30.7 Å². The standard InChI is InChI=1S/C13H18N4O2S/c1-2-17-7-3-4-12(10-17)16-20(18,19)13-6-5-11(8-14)15-9-13/h5-6,9,12,16H,2-4,7,10H2,1H3. The molecule has 0 aromatic carbocycles. The molecule has 1 unspecified atom stereocenters. The lowest BCUT2D eigenvalue weighted by molar-refractivity contribution is 0.211. The van der Waals surface area contributed by atoms with Gasteiger partial charge in [-0.1, -0.05) is 6.92 Å². The molecule has 0 spiro atoms. The highest BCUT2D eigenvalue weighted by molar-refractivity contribution is 7.89. The second-order valence-electron chi connectivity index (χ2n) is 4.84. The van der Waals surface area contributed by atoms with Crippen LogP contribution >= 0.6 is 0 Å².